The van der Waals surface area contributed by atoms with Crippen LogP contribution in [0.25, 0.3) is 16.9 Å². The molecule has 0 unspecified atom stereocenters. The van der Waals surface area contributed by atoms with E-state index in [0.29, 0.717) is 0 Å². The number of hydrogen-bond acceptors (Lipinski definition) is 5. The number of benzene rings is 1. The molecule has 2 aliphatic heterocycles. The van der Waals surface area contributed by atoms with Crippen LogP contribution in [0.2, 0.25) is 0 Å². The predicted octanol–water partition coefficient (Wildman–Crippen LogP) is 2.61. The maximum absolute atomic E-state index is 4.81. The fourth-order valence-electron chi connectivity index (χ4n) is 4.37. The minimum absolute atomic E-state index is 0.910. The van der Waals surface area contributed by atoms with Crippen LogP contribution in [0.4, 0.5) is 5.82 Å². The summed E-state index contributed by atoms with van der Waals surface area (Å²) in [5.74, 6) is 1.15. The molecule has 5 rings (SSSR count). The summed E-state index contributed by atoms with van der Waals surface area (Å²) in [6.07, 6.45) is 4.59. The van der Waals surface area contributed by atoms with Crippen LogP contribution in [0.15, 0.2) is 48.7 Å². The highest BCUT2D eigenvalue weighted by Gasteiger charge is 2.21. The second-order valence-corrected chi connectivity index (χ2v) is 7.84. The Hall–Kier alpha value is -2.44. The van der Waals surface area contributed by atoms with Crippen LogP contribution >= 0.6 is 0 Å². The van der Waals surface area contributed by atoms with Crippen LogP contribution < -0.4 is 4.90 Å². The lowest BCUT2D eigenvalue weighted by molar-refractivity contribution is 0.215. The van der Waals surface area contributed by atoms with Crippen molar-refractivity contribution in [1.29, 1.82) is 0 Å². The van der Waals surface area contributed by atoms with Gasteiger partial charge < -0.3 is 9.80 Å². The molecule has 6 nitrogen and oxygen atoms in total. The zero-order valence-corrected chi connectivity index (χ0v) is 16.4. The Kier molecular flexibility index (Phi) is 4.97. The van der Waals surface area contributed by atoms with Crippen LogP contribution in [0.5, 0.6) is 0 Å². The second-order valence-electron chi connectivity index (χ2n) is 7.84. The van der Waals surface area contributed by atoms with Gasteiger partial charge in [0.15, 0.2) is 5.65 Å². The Morgan fingerprint density at radius 1 is 0.786 bits per heavy atom. The maximum atomic E-state index is 4.81. The summed E-state index contributed by atoms with van der Waals surface area (Å²) in [5, 5.41) is 4.53. The molecule has 6 heteroatoms. The lowest BCUT2D eigenvalue weighted by atomic mass is 10.1. The molecule has 1 aromatic carbocycles. The topological polar surface area (TPSA) is 39.9 Å². The van der Waals surface area contributed by atoms with Crippen LogP contribution in [-0.4, -0.2) is 76.8 Å². The summed E-state index contributed by atoms with van der Waals surface area (Å²) >= 11 is 0. The third-order valence-corrected chi connectivity index (χ3v) is 6.04. The standard InChI is InChI=1S/C22H28N6/c1-2-6-19(7-3-1)20-18-22(28-21(24-20)8-9-23-28)27-16-14-26(15-17-27)13-12-25-10-4-5-11-25/h1-3,6-9,18H,4-5,10-17H2. The van der Waals surface area contributed by atoms with Gasteiger partial charge in [-0.3, -0.25) is 4.90 Å². The van der Waals surface area contributed by atoms with Crippen molar-refractivity contribution < 1.29 is 0 Å². The zero-order chi connectivity index (χ0) is 18.8. The number of rotatable bonds is 5. The highest BCUT2D eigenvalue weighted by atomic mass is 15.4. The number of likely N-dealkylation sites (tertiary alicyclic amines) is 1. The van der Waals surface area contributed by atoms with Gasteiger partial charge in [0.1, 0.15) is 5.82 Å². The average Bonchev–Trinajstić information content (AvgIpc) is 3.44. The van der Waals surface area contributed by atoms with Gasteiger partial charge >= 0.3 is 0 Å². The molecule has 146 valence electrons. The Morgan fingerprint density at radius 2 is 1.50 bits per heavy atom. The van der Waals surface area contributed by atoms with Crippen molar-refractivity contribution in [3.8, 4) is 11.3 Å². The molecule has 2 aliphatic rings. The van der Waals surface area contributed by atoms with Crippen LogP contribution in [0.1, 0.15) is 12.8 Å². The van der Waals surface area contributed by atoms with Crippen molar-refractivity contribution >= 4 is 11.5 Å². The first-order valence-electron chi connectivity index (χ1n) is 10.5. The first-order valence-corrected chi connectivity index (χ1v) is 10.5. The number of anilines is 1. The van der Waals surface area contributed by atoms with Crippen LogP contribution in [0, 0.1) is 0 Å². The molecule has 2 saturated heterocycles. The van der Waals surface area contributed by atoms with E-state index in [4.69, 9.17) is 4.98 Å². The summed E-state index contributed by atoms with van der Waals surface area (Å²) in [6, 6.07) is 14.6. The zero-order valence-electron chi connectivity index (χ0n) is 16.4. The number of piperazine rings is 1. The molecular formula is C22H28N6. The van der Waals surface area contributed by atoms with Gasteiger partial charge in [0.25, 0.3) is 0 Å². The van der Waals surface area contributed by atoms with Crippen molar-refractivity contribution in [3.63, 3.8) is 0 Å². The van der Waals surface area contributed by atoms with Crippen LogP contribution in [0.3, 0.4) is 0 Å². The van der Waals surface area contributed by atoms with E-state index in [-0.39, 0.29) is 0 Å². The number of hydrogen-bond donors (Lipinski definition) is 0. The van der Waals surface area contributed by atoms with E-state index in [1.807, 2.05) is 22.8 Å². The molecule has 2 fully saturated rings. The van der Waals surface area contributed by atoms with Gasteiger partial charge in [-0.1, -0.05) is 30.3 Å². The summed E-state index contributed by atoms with van der Waals surface area (Å²) in [6.45, 7) is 9.28. The van der Waals surface area contributed by atoms with E-state index in [1.165, 1.54) is 39.0 Å². The molecule has 0 atom stereocenters. The fourth-order valence-corrected chi connectivity index (χ4v) is 4.37. The SMILES string of the molecule is c1ccc(-c2cc(N3CCN(CCN4CCCC4)CC3)n3nccc3n2)cc1. The molecule has 4 heterocycles. The molecule has 0 aliphatic carbocycles. The smallest absolute Gasteiger partial charge is 0.157 e. The van der Waals surface area contributed by atoms with Gasteiger partial charge in [-0.15, -0.1) is 0 Å². The van der Waals surface area contributed by atoms with Gasteiger partial charge in [0, 0.05) is 57.0 Å². The van der Waals surface area contributed by atoms with Gasteiger partial charge in [0.05, 0.1) is 11.9 Å². The summed E-state index contributed by atoms with van der Waals surface area (Å²) in [4.78, 5) is 12.5. The molecule has 0 bridgehead atoms. The Balaban J connectivity index is 1.31. The minimum Gasteiger partial charge on any atom is -0.354 e. The Morgan fingerprint density at radius 3 is 2.25 bits per heavy atom. The van der Waals surface area contributed by atoms with Crippen molar-refractivity contribution in [2.45, 2.75) is 12.8 Å². The third kappa shape index (κ3) is 3.62. The monoisotopic (exact) mass is 376 g/mol. The van der Waals surface area contributed by atoms with Crippen molar-refractivity contribution in [2.24, 2.45) is 0 Å². The Bertz CT molecular complexity index is 907. The summed E-state index contributed by atoms with van der Waals surface area (Å²) in [7, 11) is 0. The number of fused-ring (bicyclic) bond motifs is 1. The minimum atomic E-state index is 0.910. The van der Waals surface area contributed by atoms with Gasteiger partial charge in [0.2, 0.25) is 0 Å². The van der Waals surface area contributed by atoms with Crippen molar-refractivity contribution in [1.82, 2.24) is 24.4 Å². The molecule has 2 aromatic heterocycles. The molecule has 0 radical (unpaired) electrons. The first kappa shape index (κ1) is 17.6. The highest BCUT2D eigenvalue weighted by Crippen LogP contribution is 2.25. The van der Waals surface area contributed by atoms with Gasteiger partial charge in [-0.2, -0.15) is 9.61 Å². The molecule has 28 heavy (non-hydrogen) atoms. The molecular weight excluding hydrogens is 348 g/mol. The van der Waals surface area contributed by atoms with Gasteiger partial charge in [-0.25, -0.2) is 4.98 Å². The average molecular weight is 377 g/mol. The van der Waals surface area contributed by atoms with Crippen molar-refractivity contribution in [3.05, 3.63) is 48.7 Å². The van der Waals surface area contributed by atoms with E-state index in [9.17, 15) is 0 Å². The molecule has 0 saturated carbocycles. The van der Waals surface area contributed by atoms with Gasteiger partial charge in [-0.05, 0) is 25.9 Å². The largest absolute Gasteiger partial charge is 0.354 e. The second kappa shape index (κ2) is 7.89. The summed E-state index contributed by atoms with van der Waals surface area (Å²) < 4.78 is 1.98. The molecule has 0 N–H and O–H groups in total. The van der Waals surface area contributed by atoms with E-state index >= 15 is 0 Å². The maximum Gasteiger partial charge on any atom is 0.157 e. The van der Waals surface area contributed by atoms with E-state index < -0.39 is 0 Å². The number of aromatic nitrogens is 3. The molecule has 3 aromatic rings. The van der Waals surface area contributed by atoms with E-state index in [0.717, 1.165) is 48.9 Å². The van der Waals surface area contributed by atoms with Crippen LogP contribution in [-0.2, 0) is 0 Å². The normalized spacial score (nSPS) is 18.9. The summed E-state index contributed by atoms with van der Waals surface area (Å²) in [5.41, 5.74) is 3.07. The fraction of sp³-hybridized carbons (Fsp3) is 0.455. The third-order valence-electron chi connectivity index (χ3n) is 6.04. The molecule has 0 spiro atoms. The lowest BCUT2D eigenvalue weighted by Crippen LogP contribution is -2.48. The predicted molar refractivity (Wildman–Crippen MR) is 113 cm³/mol. The quantitative estimate of drug-likeness (QED) is 0.685. The van der Waals surface area contributed by atoms with Crippen molar-refractivity contribution in [2.75, 3.05) is 57.3 Å². The lowest BCUT2D eigenvalue weighted by Gasteiger charge is -2.36. The highest BCUT2D eigenvalue weighted by molar-refractivity contribution is 5.66. The van der Waals surface area contributed by atoms with E-state index in [1.54, 1.807) is 0 Å². The number of nitrogens with zero attached hydrogens (tertiary/aromatic N) is 6. The molecule has 0 amide bonds. The van der Waals surface area contributed by atoms with E-state index in [2.05, 4.69) is 50.1 Å². The Labute approximate surface area is 166 Å². The first-order chi connectivity index (χ1) is 13.9.